The molecule has 9 heteroatoms. The Morgan fingerprint density at radius 1 is 0.731 bits per heavy atom. The zero-order chi connectivity index (χ0) is 18.4. The van der Waals surface area contributed by atoms with Crippen LogP contribution in [0.1, 0.15) is 16.3 Å². The van der Waals surface area contributed by atoms with Crippen molar-refractivity contribution in [3.05, 3.63) is 80.3 Å². The van der Waals surface area contributed by atoms with E-state index in [1.165, 1.54) is 24.3 Å². The summed E-state index contributed by atoms with van der Waals surface area (Å²) in [6, 6.07) is 12.1. The first-order valence-corrected chi connectivity index (χ1v) is 7.35. The molecule has 0 radical (unpaired) electrons. The predicted octanol–water partition coefficient (Wildman–Crippen LogP) is 4.23. The van der Waals surface area contributed by atoms with Crippen LogP contribution in [0.5, 0.6) is 0 Å². The summed E-state index contributed by atoms with van der Waals surface area (Å²) in [5, 5.41) is 23.2. The van der Waals surface area contributed by atoms with Gasteiger partial charge in [0.25, 0.3) is 17.3 Å². The minimum atomic E-state index is -1.06. The lowest BCUT2D eigenvalue weighted by Crippen LogP contribution is -2.05. The average Bonchev–Trinajstić information content (AvgIpc) is 3.19. The van der Waals surface area contributed by atoms with Crippen LogP contribution in [0.15, 0.2) is 57.4 Å². The molecule has 128 valence electrons. The summed E-state index contributed by atoms with van der Waals surface area (Å²) in [5.74, 6) is -2.28. The summed E-state index contributed by atoms with van der Waals surface area (Å²) in [7, 11) is 0. The quantitative estimate of drug-likeness (QED) is 0.305. The van der Waals surface area contributed by atoms with Crippen molar-refractivity contribution in [2.75, 3.05) is 0 Å². The standard InChI is InChI=1S/C17H8N2O7/c20-15(16-13(18(21)22)9-5-1-3-7-11(9)25-16)17-14(19(23)24)10-6-2-4-8-12(10)26-17/h1-8H. The number of benzene rings is 2. The number of ketones is 1. The Bertz CT molecular complexity index is 1120. The van der Waals surface area contributed by atoms with E-state index >= 15 is 0 Å². The lowest BCUT2D eigenvalue weighted by Gasteiger charge is -1.94. The van der Waals surface area contributed by atoms with Gasteiger partial charge in [-0.3, -0.25) is 25.0 Å². The van der Waals surface area contributed by atoms with E-state index in [1.54, 1.807) is 24.3 Å². The van der Waals surface area contributed by atoms with Gasteiger partial charge in [0.1, 0.15) is 11.2 Å². The van der Waals surface area contributed by atoms with Gasteiger partial charge in [-0.1, -0.05) is 24.3 Å². The smallest absolute Gasteiger partial charge is 0.326 e. The van der Waals surface area contributed by atoms with Gasteiger partial charge < -0.3 is 8.83 Å². The molecule has 0 N–H and O–H groups in total. The van der Waals surface area contributed by atoms with E-state index in [0.717, 1.165) is 0 Å². The van der Waals surface area contributed by atoms with Gasteiger partial charge in [-0.05, 0) is 24.3 Å². The number of fused-ring (bicyclic) bond motifs is 2. The third kappa shape index (κ3) is 2.14. The van der Waals surface area contributed by atoms with Gasteiger partial charge in [-0.25, -0.2) is 0 Å². The van der Waals surface area contributed by atoms with Crippen molar-refractivity contribution in [3.63, 3.8) is 0 Å². The average molecular weight is 352 g/mol. The molecule has 0 atom stereocenters. The molecule has 0 aliphatic rings. The number of carbonyl (C=O) groups excluding carboxylic acids is 1. The Kier molecular flexibility index (Phi) is 3.29. The Hall–Kier alpha value is -4.01. The Morgan fingerprint density at radius 2 is 1.12 bits per heavy atom. The topological polar surface area (TPSA) is 130 Å². The highest BCUT2D eigenvalue weighted by Gasteiger charge is 2.37. The maximum Gasteiger partial charge on any atom is 0.326 e. The van der Waals surface area contributed by atoms with E-state index in [-0.39, 0.29) is 21.9 Å². The third-order valence-electron chi connectivity index (χ3n) is 3.92. The Morgan fingerprint density at radius 3 is 1.50 bits per heavy atom. The van der Waals surface area contributed by atoms with E-state index in [0.29, 0.717) is 0 Å². The van der Waals surface area contributed by atoms with Crippen LogP contribution < -0.4 is 0 Å². The summed E-state index contributed by atoms with van der Waals surface area (Å²) in [5.41, 5.74) is -0.858. The van der Waals surface area contributed by atoms with Gasteiger partial charge in [-0.2, -0.15) is 0 Å². The van der Waals surface area contributed by atoms with Crippen LogP contribution in [0.25, 0.3) is 21.9 Å². The fourth-order valence-corrected chi connectivity index (χ4v) is 2.84. The normalized spacial score (nSPS) is 11.1. The molecule has 0 bridgehead atoms. The second-order valence-electron chi connectivity index (χ2n) is 5.40. The first kappa shape index (κ1) is 15.5. The number of carbonyl (C=O) groups is 1. The maximum atomic E-state index is 12.8. The van der Waals surface area contributed by atoms with E-state index in [9.17, 15) is 25.0 Å². The molecule has 26 heavy (non-hydrogen) atoms. The van der Waals surface area contributed by atoms with Crippen LogP contribution in [0.2, 0.25) is 0 Å². The van der Waals surface area contributed by atoms with Crippen molar-refractivity contribution in [1.82, 2.24) is 0 Å². The zero-order valence-corrected chi connectivity index (χ0v) is 12.9. The molecule has 0 aliphatic carbocycles. The number of rotatable bonds is 4. The third-order valence-corrected chi connectivity index (χ3v) is 3.92. The Labute approximate surface area is 143 Å². The van der Waals surface area contributed by atoms with Gasteiger partial charge in [0.15, 0.2) is 0 Å². The first-order chi connectivity index (χ1) is 12.5. The van der Waals surface area contributed by atoms with Gasteiger partial charge in [0, 0.05) is 0 Å². The number of nitrogens with zero attached hydrogens (tertiary/aromatic N) is 2. The van der Waals surface area contributed by atoms with Crippen molar-refractivity contribution in [3.8, 4) is 0 Å². The monoisotopic (exact) mass is 352 g/mol. The molecule has 0 saturated heterocycles. The van der Waals surface area contributed by atoms with Crippen molar-refractivity contribution in [1.29, 1.82) is 0 Å². The number of nitro groups is 2. The van der Waals surface area contributed by atoms with Crippen molar-refractivity contribution < 1.29 is 23.5 Å². The molecule has 0 aliphatic heterocycles. The summed E-state index contributed by atoms with van der Waals surface area (Å²) >= 11 is 0. The van der Waals surface area contributed by atoms with Crippen molar-refractivity contribution in [2.45, 2.75) is 0 Å². The fraction of sp³-hybridized carbons (Fsp3) is 0. The van der Waals surface area contributed by atoms with Crippen LogP contribution in [-0.4, -0.2) is 15.6 Å². The van der Waals surface area contributed by atoms with Crippen LogP contribution in [0.4, 0.5) is 11.4 Å². The zero-order valence-electron chi connectivity index (χ0n) is 12.9. The van der Waals surface area contributed by atoms with Gasteiger partial charge in [0.2, 0.25) is 0 Å². The number of hydrogen-bond donors (Lipinski definition) is 0. The highest BCUT2D eigenvalue weighted by atomic mass is 16.6. The van der Waals surface area contributed by atoms with Gasteiger partial charge in [0.05, 0.1) is 20.6 Å². The van der Waals surface area contributed by atoms with Crippen LogP contribution >= 0.6 is 0 Å². The first-order valence-electron chi connectivity index (χ1n) is 7.35. The van der Waals surface area contributed by atoms with E-state index in [1.807, 2.05) is 0 Å². The molecular formula is C17H8N2O7. The fourth-order valence-electron chi connectivity index (χ4n) is 2.84. The molecule has 0 saturated carbocycles. The molecule has 0 fully saturated rings. The van der Waals surface area contributed by atoms with Crippen LogP contribution in [-0.2, 0) is 0 Å². The number of furan rings is 2. The lowest BCUT2D eigenvalue weighted by molar-refractivity contribution is -0.384. The van der Waals surface area contributed by atoms with E-state index < -0.39 is 38.5 Å². The highest BCUT2D eigenvalue weighted by molar-refractivity contribution is 6.16. The summed E-state index contributed by atoms with van der Waals surface area (Å²) < 4.78 is 10.7. The van der Waals surface area contributed by atoms with Gasteiger partial charge >= 0.3 is 11.4 Å². The molecule has 2 aromatic carbocycles. The molecule has 4 aromatic rings. The second kappa shape index (κ2) is 5.52. The highest BCUT2D eigenvalue weighted by Crippen LogP contribution is 2.38. The van der Waals surface area contributed by atoms with E-state index in [4.69, 9.17) is 8.83 Å². The molecule has 0 amide bonds. The second-order valence-corrected chi connectivity index (χ2v) is 5.40. The minimum Gasteiger partial charge on any atom is -0.445 e. The number of hydrogen-bond acceptors (Lipinski definition) is 7. The maximum absolute atomic E-state index is 12.8. The van der Waals surface area contributed by atoms with Gasteiger partial charge in [-0.15, -0.1) is 0 Å². The summed E-state index contributed by atoms with van der Waals surface area (Å²) in [6.07, 6.45) is 0. The largest absolute Gasteiger partial charge is 0.445 e. The minimum absolute atomic E-state index is 0.125. The molecule has 0 spiro atoms. The molecule has 0 unspecified atom stereocenters. The molecule has 2 heterocycles. The lowest BCUT2D eigenvalue weighted by atomic mass is 10.1. The molecule has 4 rings (SSSR count). The SMILES string of the molecule is O=C(c1oc2ccccc2c1[N+](=O)[O-])c1oc2ccccc2c1[N+](=O)[O-]. The number of para-hydroxylation sites is 2. The van der Waals surface area contributed by atoms with E-state index in [2.05, 4.69) is 0 Å². The van der Waals surface area contributed by atoms with Crippen molar-refractivity contribution >= 4 is 39.1 Å². The summed E-state index contributed by atoms with van der Waals surface area (Å²) in [4.78, 5) is 34.2. The predicted molar refractivity (Wildman–Crippen MR) is 89.2 cm³/mol. The molecular weight excluding hydrogens is 344 g/mol. The summed E-state index contributed by atoms with van der Waals surface area (Å²) in [6.45, 7) is 0. The van der Waals surface area contributed by atoms with Crippen LogP contribution in [0.3, 0.4) is 0 Å². The molecule has 2 aromatic heterocycles. The molecule has 9 nitrogen and oxygen atoms in total. The van der Waals surface area contributed by atoms with Crippen LogP contribution in [0, 0.1) is 20.2 Å². The van der Waals surface area contributed by atoms with Crippen molar-refractivity contribution in [2.24, 2.45) is 0 Å². The Balaban J connectivity index is 2.00.